The summed E-state index contributed by atoms with van der Waals surface area (Å²) >= 11 is 3.63. The minimum absolute atomic E-state index is 1.09. The smallest absolute Gasteiger partial charge is 0.0547 e. The van der Waals surface area contributed by atoms with Crippen LogP contribution in [0.25, 0.3) is 49.0 Å². The van der Waals surface area contributed by atoms with E-state index < -0.39 is 0 Å². The summed E-state index contributed by atoms with van der Waals surface area (Å²) < 4.78 is 3.48. The van der Waals surface area contributed by atoms with Crippen LogP contribution in [0.15, 0.2) is 89.4 Å². The molecule has 6 aromatic rings. The highest BCUT2D eigenvalue weighted by Crippen LogP contribution is 2.43. The van der Waals surface area contributed by atoms with Crippen LogP contribution in [0.3, 0.4) is 0 Å². The first-order valence-corrected chi connectivity index (χ1v) is 9.54. The predicted octanol–water partition coefficient (Wildman–Crippen LogP) is 7.29. The molecule has 0 aliphatic rings. The third kappa shape index (κ3) is 1.75. The lowest BCUT2D eigenvalue weighted by Crippen LogP contribution is -1.93. The zero-order chi connectivity index (χ0) is 17.3. The van der Waals surface area contributed by atoms with Crippen LogP contribution < -0.4 is 0 Å². The fourth-order valence-corrected chi connectivity index (χ4v) is 4.79. The maximum atomic E-state index is 3.63. The molecule has 0 saturated carbocycles. The standard InChI is InChI=1S/C24H14BrN/c25-15-6-3-7-16(14-15)26-21-12-4-10-19-17-8-1-2-9-18(17)20-11-5-13-22(26)24(20)23(19)21/h1-14H. The van der Waals surface area contributed by atoms with Gasteiger partial charge in [0, 0.05) is 20.9 Å². The maximum absolute atomic E-state index is 3.63. The second kappa shape index (κ2) is 5.09. The van der Waals surface area contributed by atoms with Crippen molar-refractivity contribution in [1.29, 1.82) is 0 Å². The van der Waals surface area contributed by atoms with Gasteiger partial charge in [-0.15, -0.1) is 0 Å². The van der Waals surface area contributed by atoms with Gasteiger partial charge < -0.3 is 4.57 Å². The van der Waals surface area contributed by atoms with Crippen LogP contribution in [-0.4, -0.2) is 4.57 Å². The summed E-state index contributed by atoms with van der Waals surface area (Å²) in [5, 5.41) is 8.02. The highest BCUT2D eigenvalue weighted by Gasteiger charge is 2.18. The van der Waals surface area contributed by atoms with Crippen LogP contribution in [0.4, 0.5) is 0 Å². The average molecular weight is 396 g/mol. The highest BCUT2D eigenvalue weighted by atomic mass is 79.9. The Morgan fingerprint density at radius 3 is 1.65 bits per heavy atom. The number of rotatable bonds is 1. The van der Waals surface area contributed by atoms with E-state index in [1.165, 1.54) is 49.0 Å². The summed E-state index contributed by atoms with van der Waals surface area (Å²) in [4.78, 5) is 0. The van der Waals surface area contributed by atoms with Crippen molar-refractivity contribution < 1.29 is 0 Å². The molecule has 2 heteroatoms. The zero-order valence-corrected chi connectivity index (χ0v) is 15.5. The summed E-state index contributed by atoms with van der Waals surface area (Å²) in [6.07, 6.45) is 0. The van der Waals surface area contributed by atoms with Gasteiger partial charge in [-0.3, -0.25) is 0 Å². The Hall–Kier alpha value is -2.84. The average Bonchev–Trinajstić information content (AvgIpc) is 3.02. The Morgan fingerprint density at radius 1 is 0.538 bits per heavy atom. The third-order valence-corrected chi connectivity index (χ3v) is 5.88. The molecule has 0 saturated heterocycles. The summed E-state index contributed by atoms with van der Waals surface area (Å²) in [6, 6.07) is 30.6. The lowest BCUT2D eigenvalue weighted by atomic mass is 9.95. The molecule has 0 atom stereocenters. The number of halogens is 1. The van der Waals surface area contributed by atoms with Crippen LogP contribution in [0.1, 0.15) is 0 Å². The van der Waals surface area contributed by atoms with E-state index in [9.17, 15) is 0 Å². The molecule has 1 heterocycles. The third-order valence-electron chi connectivity index (χ3n) is 5.39. The van der Waals surface area contributed by atoms with Gasteiger partial charge in [0.2, 0.25) is 0 Å². The number of hydrogen-bond donors (Lipinski definition) is 0. The van der Waals surface area contributed by atoms with Gasteiger partial charge in [0.05, 0.1) is 11.0 Å². The molecule has 0 spiro atoms. The fraction of sp³-hybridized carbons (Fsp3) is 0. The van der Waals surface area contributed by atoms with E-state index in [0.717, 1.165) is 4.47 Å². The van der Waals surface area contributed by atoms with E-state index in [-0.39, 0.29) is 0 Å². The molecular weight excluding hydrogens is 382 g/mol. The number of nitrogens with zero attached hydrogens (tertiary/aromatic N) is 1. The van der Waals surface area contributed by atoms with Gasteiger partial charge in [-0.2, -0.15) is 0 Å². The molecular formula is C24H14BrN. The molecule has 0 amide bonds. The van der Waals surface area contributed by atoms with Crippen LogP contribution in [-0.2, 0) is 0 Å². The molecule has 0 radical (unpaired) electrons. The van der Waals surface area contributed by atoms with E-state index in [1.807, 2.05) is 0 Å². The van der Waals surface area contributed by atoms with Gasteiger partial charge in [0.15, 0.2) is 0 Å². The fourth-order valence-electron chi connectivity index (χ4n) is 4.40. The van der Waals surface area contributed by atoms with E-state index in [0.29, 0.717) is 0 Å². The molecule has 0 N–H and O–H groups in total. The summed E-state index contributed by atoms with van der Waals surface area (Å²) in [5.74, 6) is 0. The van der Waals surface area contributed by atoms with Crippen molar-refractivity contribution in [2.45, 2.75) is 0 Å². The van der Waals surface area contributed by atoms with Crippen molar-refractivity contribution in [2.75, 3.05) is 0 Å². The van der Waals surface area contributed by atoms with E-state index in [1.54, 1.807) is 0 Å². The largest absolute Gasteiger partial charge is 0.309 e. The van der Waals surface area contributed by atoms with E-state index in [2.05, 4.69) is 105 Å². The lowest BCUT2D eigenvalue weighted by Gasteiger charge is -2.08. The molecule has 1 aromatic heterocycles. The van der Waals surface area contributed by atoms with Crippen molar-refractivity contribution in [1.82, 2.24) is 4.57 Å². The van der Waals surface area contributed by atoms with Crippen molar-refractivity contribution in [3.05, 3.63) is 89.4 Å². The van der Waals surface area contributed by atoms with Gasteiger partial charge in [-0.05, 0) is 51.9 Å². The first kappa shape index (κ1) is 14.3. The van der Waals surface area contributed by atoms with E-state index >= 15 is 0 Å². The van der Waals surface area contributed by atoms with Gasteiger partial charge >= 0.3 is 0 Å². The monoisotopic (exact) mass is 395 g/mol. The Bertz CT molecular complexity index is 1350. The molecule has 26 heavy (non-hydrogen) atoms. The molecule has 1 nitrogen and oxygen atoms in total. The SMILES string of the molecule is Brc1cccc(-n2c3cccc4c5ccccc5c5cccc2c5c43)c1. The molecule has 0 aliphatic carbocycles. The minimum atomic E-state index is 1.09. The van der Waals surface area contributed by atoms with Gasteiger partial charge in [-0.1, -0.05) is 70.5 Å². The van der Waals surface area contributed by atoms with E-state index in [4.69, 9.17) is 0 Å². The normalized spacial score (nSPS) is 12.0. The topological polar surface area (TPSA) is 4.93 Å². The lowest BCUT2D eigenvalue weighted by molar-refractivity contribution is 1.18. The summed E-state index contributed by atoms with van der Waals surface area (Å²) in [5.41, 5.74) is 3.70. The molecule has 0 fully saturated rings. The van der Waals surface area contributed by atoms with Gasteiger partial charge in [0.25, 0.3) is 0 Å². The number of fused-ring (bicyclic) bond motifs is 3. The maximum Gasteiger partial charge on any atom is 0.0547 e. The molecule has 122 valence electrons. The molecule has 0 unspecified atom stereocenters. The predicted molar refractivity (Wildman–Crippen MR) is 115 cm³/mol. The zero-order valence-electron chi connectivity index (χ0n) is 13.9. The second-order valence-electron chi connectivity index (χ2n) is 6.76. The van der Waals surface area contributed by atoms with Crippen molar-refractivity contribution in [2.24, 2.45) is 0 Å². The Kier molecular flexibility index (Phi) is 2.81. The number of aromatic nitrogens is 1. The first-order valence-electron chi connectivity index (χ1n) is 8.75. The Balaban J connectivity index is 1.96. The molecule has 5 aromatic carbocycles. The second-order valence-corrected chi connectivity index (χ2v) is 7.68. The summed E-state index contributed by atoms with van der Waals surface area (Å²) in [6.45, 7) is 0. The van der Waals surface area contributed by atoms with Crippen molar-refractivity contribution >= 4 is 59.3 Å². The van der Waals surface area contributed by atoms with Crippen LogP contribution >= 0.6 is 15.9 Å². The van der Waals surface area contributed by atoms with Crippen LogP contribution in [0.5, 0.6) is 0 Å². The Morgan fingerprint density at radius 2 is 1.08 bits per heavy atom. The van der Waals surface area contributed by atoms with Gasteiger partial charge in [0.1, 0.15) is 0 Å². The number of hydrogen-bond acceptors (Lipinski definition) is 0. The van der Waals surface area contributed by atoms with Crippen molar-refractivity contribution in [3.8, 4) is 5.69 Å². The summed E-state index contributed by atoms with van der Waals surface area (Å²) in [7, 11) is 0. The van der Waals surface area contributed by atoms with Crippen molar-refractivity contribution in [3.63, 3.8) is 0 Å². The molecule has 0 aliphatic heterocycles. The number of benzene rings is 5. The van der Waals surface area contributed by atoms with Crippen LogP contribution in [0, 0.1) is 0 Å². The molecule has 6 rings (SSSR count). The van der Waals surface area contributed by atoms with Crippen LogP contribution in [0.2, 0.25) is 0 Å². The quantitative estimate of drug-likeness (QED) is 0.257. The highest BCUT2D eigenvalue weighted by molar-refractivity contribution is 9.10. The molecule has 0 bridgehead atoms. The first-order chi connectivity index (χ1) is 12.8. The Labute approximate surface area is 158 Å². The minimum Gasteiger partial charge on any atom is -0.309 e. The van der Waals surface area contributed by atoms with Gasteiger partial charge in [-0.25, -0.2) is 0 Å².